The van der Waals surface area contributed by atoms with Crippen molar-refractivity contribution < 1.29 is 4.39 Å². The predicted molar refractivity (Wildman–Crippen MR) is 46.2 cm³/mol. The van der Waals surface area contributed by atoms with Crippen LogP contribution in [0.4, 0.5) is 4.39 Å². The minimum atomic E-state index is -0.822. The average Bonchev–Trinajstić information content (AvgIpc) is 1.85. The standard InChI is InChI=1S/C8H9BrFN/c1-6(10)5-7-3-2-4-8(9)11-7/h2-4,6H,5H2,1H3. The molecule has 1 aromatic rings. The van der Waals surface area contributed by atoms with Crippen LogP contribution in [0.5, 0.6) is 0 Å². The summed E-state index contributed by atoms with van der Waals surface area (Å²) >= 11 is 3.22. The lowest BCUT2D eigenvalue weighted by atomic mass is 10.2. The fraction of sp³-hybridized carbons (Fsp3) is 0.375. The van der Waals surface area contributed by atoms with E-state index >= 15 is 0 Å². The van der Waals surface area contributed by atoms with E-state index in [4.69, 9.17) is 0 Å². The highest BCUT2D eigenvalue weighted by molar-refractivity contribution is 9.10. The first-order valence-electron chi connectivity index (χ1n) is 3.44. The van der Waals surface area contributed by atoms with Crippen LogP contribution in [0.25, 0.3) is 0 Å². The number of alkyl halides is 1. The first-order chi connectivity index (χ1) is 5.18. The number of rotatable bonds is 2. The molecule has 1 unspecified atom stereocenters. The van der Waals surface area contributed by atoms with Gasteiger partial charge in [-0.05, 0) is 35.0 Å². The van der Waals surface area contributed by atoms with Gasteiger partial charge in [0, 0.05) is 12.1 Å². The lowest BCUT2D eigenvalue weighted by Crippen LogP contribution is -2.00. The topological polar surface area (TPSA) is 12.9 Å². The second kappa shape index (κ2) is 3.81. The summed E-state index contributed by atoms with van der Waals surface area (Å²) in [6, 6.07) is 5.50. The quantitative estimate of drug-likeness (QED) is 0.695. The Hall–Kier alpha value is -0.440. The molecule has 0 bridgehead atoms. The first kappa shape index (κ1) is 8.65. The largest absolute Gasteiger partial charge is 0.247 e. The van der Waals surface area contributed by atoms with Crippen molar-refractivity contribution in [3.8, 4) is 0 Å². The third-order valence-electron chi connectivity index (χ3n) is 1.26. The summed E-state index contributed by atoms with van der Waals surface area (Å²) in [5.74, 6) is 0. The maximum Gasteiger partial charge on any atom is 0.106 e. The van der Waals surface area contributed by atoms with Crippen LogP contribution < -0.4 is 0 Å². The van der Waals surface area contributed by atoms with Gasteiger partial charge in [-0.25, -0.2) is 9.37 Å². The van der Waals surface area contributed by atoms with Gasteiger partial charge in [-0.15, -0.1) is 0 Å². The van der Waals surface area contributed by atoms with Crippen molar-refractivity contribution in [2.24, 2.45) is 0 Å². The number of hydrogen-bond acceptors (Lipinski definition) is 1. The van der Waals surface area contributed by atoms with E-state index in [1.54, 1.807) is 0 Å². The summed E-state index contributed by atoms with van der Waals surface area (Å²) in [7, 11) is 0. The van der Waals surface area contributed by atoms with Crippen molar-refractivity contribution in [1.82, 2.24) is 4.98 Å². The SMILES string of the molecule is CC(F)Cc1cccc(Br)n1. The van der Waals surface area contributed by atoms with E-state index in [1.807, 2.05) is 18.2 Å². The van der Waals surface area contributed by atoms with Crippen LogP contribution in [0.1, 0.15) is 12.6 Å². The Morgan fingerprint density at radius 2 is 2.36 bits per heavy atom. The number of hydrogen-bond donors (Lipinski definition) is 0. The highest BCUT2D eigenvalue weighted by Gasteiger charge is 2.01. The van der Waals surface area contributed by atoms with E-state index in [0.717, 1.165) is 10.3 Å². The molecule has 1 atom stereocenters. The van der Waals surface area contributed by atoms with Crippen molar-refractivity contribution in [2.45, 2.75) is 19.5 Å². The van der Waals surface area contributed by atoms with E-state index in [1.165, 1.54) is 6.92 Å². The molecule has 0 spiro atoms. The number of halogens is 2. The molecule has 0 saturated carbocycles. The molecule has 0 amide bonds. The van der Waals surface area contributed by atoms with Crippen LogP contribution in [-0.4, -0.2) is 11.2 Å². The van der Waals surface area contributed by atoms with Crippen molar-refractivity contribution >= 4 is 15.9 Å². The van der Waals surface area contributed by atoms with E-state index in [2.05, 4.69) is 20.9 Å². The molecule has 0 aliphatic rings. The van der Waals surface area contributed by atoms with Crippen LogP contribution >= 0.6 is 15.9 Å². The third kappa shape index (κ3) is 2.97. The molecule has 0 aliphatic heterocycles. The molecule has 11 heavy (non-hydrogen) atoms. The van der Waals surface area contributed by atoms with Crippen LogP contribution in [0.15, 0.2) is 22.8 Å². The van der Waals surface area contributed by atoms with Crippen molar-refractivity contribution in [1.29, 1.82) is 0 Å². The Kier molecular flexibility index (Phi) is 3.00. The average molecular weight is 218 g/mol. The molecular weight excluding hydrogens is 209 g/mol. The molecule has 0 radical (unpaired) electrons. The minimum absolute atomic E-state index is 0.388. The smallest absolute Gasteiger partial charge is 0.106 e. The molecule has 1 aromatic heterocycles. The van der Waals surface area contributed by atoms with Gasteiger partial charge in [0.05, 0.1) is 0 Å². The van der Waals surface area contributed by atoms with Crippen molar-refractivity contribution in [3.05, 3.63) is 28.5 Å². The third-order valence-corrected chi connectivity index (χ3v) is 1.70. The molecule has 0 saturated heterocycles. The summed E-state index contributed by atoms with van der Waals surface area (Å²) < 4.78 is 13.2. The van der Waals surface area contributed by atoms with Crippen LogP contribution in [0, 0.1) is 0 Å². The van der Waals surface area contributed by atoms with E-state index < -0.39 is 6.17 Å². The Bertz CT molecular complexity index is 237. The summed E-state index contributed by atoms with van der Waals surface area (Å²) in [5.41, 5.74) is 0.786. The molecule has 1 rings (SSSR count). The molecule has 1 nitrogen and oxygen atoms in total. The number of nitrogens with zero attached hydrogens (tertiary/aromatic N) is 1. The Labute approximate surface area is 73.8 Å². The Balaban J connectivity index is 2.71. The molecule has 0 N–H and O–H groups in total. The molecule has 1 heterocycles. The molecule has 0 fully saturated rings. The maximum absolute atomic E-state index is 12.5. The highest BCUT2D eigenvalue weighted by Crippen LogP contribution is 2.08. The molecule has 0 aromatic carbocycles. The lowest BCUT2D eigenvalue weighted by Gasteiger charge is -2.00. The van der Waals surface area contributed by atoms with Gasteiger partial charge in [0.15, 0.2) is 0 Å². The zero-order valence-electron chi connectivity index (χ0n) is 6.22. The fourth-order valence-electron chi connectivity index (χ4n) is 0.852. The number of aromatic nitrogens is 1. The van der Waals surface area contributed by atoms with Gasteiger partial charge in [0.1, 0.15) is 10.8 Å². The summed E-state index contributed by atoms with van der Waals surface area (Å²) in [6.07, 6.45) is -0.434. The summed E-state index contributed by atoms with van der Waals surface area (Å²) in [5, 5.41) is 0. The molecule has 3 heteroatoms. The second-order valence-electron chi connectivity index (χ2n) is 2.44. The zero-order valence-corrected chi connectivity index (χ0v) is 7.81. The monoisotopic (exact) mass is 217 g/mol. The molecular formula is C8H9BrFN. The van der Waals surface area contributed by atoms with Gasteiger partial charge in [-0.1, -0.05) is 6.07 Å². The maximum atomic E-state index is 12.5. The van der Waals surface area contributed by atoms with E-state index in [-0.39, 0.29) is 0 Å². The van der Waals surface area contributed by atoms with Crippen LogP contribution in [-0.2, 0) is 6.42 Å². The van der Waals surface area contributed by atoms with Crippen LogP contribution in [0.2, 0.25) is 0 Å². The minimum Gasteiger partial charge on any atom is -0.247 e. The van der Waals surface area contributed by atoms with Gasteiger partial charge in [0.25, 0.3) is 0 Å². The van der Waals surface area contributed by atoms with E-state index in [9.17, 15) is 4.39 Å². The van der Waals surface area contributed by atoms with Gasteiger partial charge in [0.2, 0.25) is 0 Å². The number of pyridine rings is 1. The van der Waals surface area contributed by atoms with Crippen molar-refractivity contribution in [3.63, 3.8) is 0 Å². The summed E-state index contributed by atoms with van der Waals surface area (Å²) in [4.78, 5) is 4.09. The van der Waals surface area contributed by atoms with Gasteiger partial charge >= 0.3 is 0 Å². The van der Waals surface area contributed by atoms with Gasteiger partial charge in [-0.3, -0.25) is 0 Å². The normalized spacial score (nSPS) is 13.0. The fourth-order valence-corrected chi connectivity index (χ4v) is 1.23. The first-order valence-corrected chi connectivity index (χ1v) is 4.23. The van der Waals surface area contributed by atoms with Crippen LogP contribution in [0.3, 0.4) is 0 Å². The van der Waals surface area contributed by atoms with Crippen molar-refractivity contribution in [2.75, 3.05) is 0 Å². The molecule has 0 aliphatic carbocycles. The van der Waals surface area contributed by atoms with Gasteiger partial charge in [-0.2, -0.15) is 0 Å². The lowest BCUT2D eigenvalue weighted by molar-refractivity contribution is 0.357. The predicted octanol–water partition coefficient (Wildman–Crippen LogP) is 2.74. The van der Waals surface area contributed by atoms with Gasteiger partial charge < -0.3 is 0 Å². The highest BCUT2D eigenvalue weighted by atomic mass is 79.9. The molecule has 60 valence electrons. The van der Waals surface area contributed by atoms with E-state index in [0.29, 0.717) is 6.42 Å². The second-order valence-corrected chi connectivity index (χ2v) is 3.25. The Morgan fingerprint density at radius 3 is 2.91 bits per heavy atom. The summed E-state index contributed by atoms with van der Waals surface area (Å²) in [6.45, 7) is 1.53. The Morgan fingerprint density at radius 1 is 1.64 bits per heavy atom. The zero-order chi connectivity index (χ0) is 8.27.